The molecule has 1 aliphatic rings. The molecule has 0 aliphatic carbocycles. The van der Waals surface area contributed by atoms with Crippen LogP contribution in [0.15, 0.2) is 24.3 Å². The van der Waals surface area contributed by atoms with Gasteiger partial charge in [0.1, 0.15) is 0 Å². The SMILES string of the molecule is O=C(O)c1ccc(C2CCSCC2)cc1. The summed E-state index contributed by atoms with van der Waals surface area (Å²) in [6.45, 7) is 0. The van der Waals surface area contributed by atoms with Crippen molar-refractivity contribution >= 4 is 17.7 Å². The molecule has 0 bridgehead atoms. The summed E-state index contributed by atoms with van der Waals surface area (Å²) in [6, 6.07) is 7.34. The molecule has 3 heteroatoms. The van der Waals surface area contributed by atoms with Crippen molar-refractivity contribution in [2.24, 2.45) is 0 Å². The monoisotopic (exact) mass is 222 g/mol. The van der Waals surface area contributed by atoms with Gasteiger partial charge in [-0.05, 0) is 48.0 Å². The minimum atomic E-state index is -0.847. The van der Waals surface area contributed by atoms with Gasteiger partial charge in [0.25, 0.3) is 0 Å². The predicted octanol–water partition coefficient (Wildman–Crippen LogP) is 3.00. The van der Waals surface area contributed by atoms with E-state index in [1.807, 2.05) is 23.9 Å². The summed E-state index contributed by atoms with van der Waals surface area (Å²) in [5, 5.41) is 8.78. The third-order valence-corrected chi connectivity index (χ3v) is 3.90. The maximum atomic E-state index is 10.7. The minimum Gasteiger partial charge on any atom is -0.478 e. The fraction of sp³-hybridized carbons (Fsp3) is 0.417. The highest BCUT2D eigenvalue weighted by Crippen LogP contribution is 2.31. The van der Waals surface area contributed by atoms with Crippen LogP contribution in [0.5, 0.6) is 0 Å². The zero-order valence-corrected chi connectivity index (χ0v) is 9.30. The second-order valence-corrected chi connectivity index (χ2v) is 5.04. The Morgan fingerprint density at radius 3 is 2.33 bits per heavy atom. The van der Waals surface area contributed by atoms with E-state index in [4.69, 9.17) is 5.11 Å². The Kier molecular flexibility index (Phi) is 3.31. The van der Waals surface area contributed by atoms with E-state index in [2.05, 4.69) is 0 Å². The van der Waals surface area contributed by atoms with Crippen molar-refractivity contribution in [2.75, 3.05) is 11.5 Å². The number of carbonyl (C=O) groups is 1. The van der Waals surface area contributed by atoms with Gasteiger partial charge in [-0.15, -0.1) is 0 Å². The lowest BCUT2D eigenvalue weighted by Crippen LogP contribution is -2.08. The molecule has 1 saturated heterocycles. The number of thioether (sulfide) groups is 1. The topological polar surface area (TPSA) is 37.3 Å². The van der Waals surface area contributed by atoms with Gasteiger partial charge in [-0.1, -0.05) is 12.1 Å². The number of benzene rings is 1. The van der Waals surface area contributed by atoms with Gasteiger partial charge < -0.3 is 5.11 Å². The molecule has 80 valence electrons. The quantitative estimate of drug-likeness (QED) is 0.835. The molecule has 0 aromatic heterocycles. The first-order valence-corrected chi connectivity index (χ1v) is 6.34. The second kappa shape index (κ2) is 4.71. The maximum Gasteiger partial charge on any atom is 0.335 e. The van der Waals surface area contributed by atoms with Gasteiger partial charge in [0.15, 0.2) is 0 Å². The van der Waals surface area contributed by atoms with Crippen molar-refractivity contribution in [2.45, 2.75) is 18.8 Å². The van der Waals surface area contributed by atoms with Gasteiger partial charge in [0.05, 0.1) is 5.56 Å². The molecule has 0 spiro atoms. The minimum absolute atomic E-state index is 0.379. The van der Waals surface area contributed by atoms with Crippen LogP contribution >= 0.6 is 11.8 Å². The number of carboxylic acid groups (broad SMARTS) is 1. The Morgan fingerprint density at radius 1 is 1.20 bits per heavy atom. The van der Waals surface area contributed by atoms with E-state index in [1.54, 1.807) is 12.1 Å². The molecule has 2 rings (SSSR count). The van der Waals surface area contributed by atoms with Gasteiger partial charge in [-0.25, -0.2) is 4.79 Å². The second-order valence-electron chi connectivity index (χ2n) is 3.81. The number of rotatable bonds is 2. The molecule has 0 amide bonds. The Labute approximate surface area is 93.7 Å². The molecule has 1 heterocycles. The summed E-state index contributed by atoms with van der Waals surface area (Å²) in [7, 11) is 0. The first kappa shape index (κ1) is 10.6. The smallest absolute Gasteiger partial charge is 0.335 e. The molecule has 15 heavy (non-hydrogen) atoms. The molecule has 0 unspecified atom stereocenters. The normalized spacial score (nSPS) is 17.6. The van der Waals surface area contributed by atoms with Crippen LogP contribution in [0.4, 0.5) is 0 Å². The van der Waals surface area contributed by atoms with Crippen LogP contribution in [0.3, 0.4) is 0 Å². The fourth-order valence-corrected chi connectivity index (χ4v) is 3.04. The first-order chi connectivity index (χ1) is 7.27. The lowest BCUT2D eigenvalue weighted by Gasteiger charge is -2.21. The molecule has 1 aromatic rings. The molecule has 0 atom stereocenters. The van der Waals surface area contributed by atoms with E-state index in [0.717, 1.165) is 0 Å². The Bertz CT molecular complexity index is 339. The molecule has 1 fully saturated rings. The van der Waals surface area contributed by atoms with Crippen LogP contribution in [0.2, 0.25) is 0 Å². The standard InChI is InChI=1S/C12H14O2S/c13-12(14)11-3-1-9(2-4-11)10-5-7-15-8-6-10/h1-4,10H,5-8H2,(H,13,14). The molecular formula is C12H14O2S. The molecular weight excluding hydrogens is 208 g/mol. The van der Waals surface area contributed by atoms with Gasteiger partial charge in [0.2, 0.25) is 0 Å². The molecule has 0 radical (unpaired) electrons. The molecule has 2 nitrogen and oxygen atoms in total. The van der Waals surface area contributed by atoms with Crippen LogP contribution in [0.1, 0.15) is 34.7 Å². The Morgan fingerprint density at radius 2 is 1.80 bits per heavy atom. The lowest BCUT2D eigenvalue weighted by molar-refractivity contribution is 0.0697. The zero-order valence-electron chi connectivity index (χ0n) is 8.48. The third kappa shape index (κ3) is 2.53. The van der Waals surface area contributed by atoms with Crippen LogP contribution in [0, 0.1) is 0 Å². The summed E-state index contributed by atoms with van der Waals surface area (Å²) < 4.78 is 0. The lowest BCUT2D eigenvalue weighted by atomic mass is 9.93. The van der Waals surface area contributed by atoms with Crippen LogP contribution in [0.25, 0.3) is 0 Å². The van der Waals surface area contributed by atoms with Crippen molar-refractivity contribution in [1.29, 1.82) is 0 Å². The van der Waals surface area contributed by atoms with E-state index in [-0.39, 0.29) is 0 Å². The molecule has 1 aromatic carbocycles. The largest absolute Gasteiger partial charge is 0.478 e. The van der Waals surface area contributed by atoms with Crippen LogP contribution < -0.4 is 0 Å². The molecule has 1 aliphatic heterocycles. The Balaban J connectivity index is 2.11. The fourth-order valence-electron chi connectivity index (χ4n) is 1.93. The third-order valence-electron chi connectivity index (χ3n) is 2.85. The highest BCUT2D eigenvalue weighted by Gasteiger charge is 2.15. The van der Waals surface area contributed by atoms with E-state index >= 15 is 0 Å². The summed E-state index contributed by atoms with van der Waals surface area (Å²) in [6.07, 6.45) is 2.44. The molecule has 0 saturated carbocycles. The van der Waals surface area contributed by atoms with Crippen molar-refractivity contribution in [3.8, 4) is 0 Å². The highest BCUT2D eigenvalue weighted by molar-refractivity contribution is 7.99. The van der Waals surface area contributed by atoms with E-state index in [0.29, 0.717) is 11.5 Å². The predicted molar refractivity (Wildman–Crippen MR) is 62.7 cm³/mol. The van der Waals surface area contributed by atoms with Gasteiger partial charge in [-0.3, -0.25) is 0 Å². The van der Waals surface area contributed by atoms with Crippen molar-refractivity contribution in [1.82, 2.24) is 0 Å². The highest BCUT2D eigenvalue weighted by atomic mass is 32.2. The first-order valence-electron chi connectivity index (χ1n) is 5.18. The van der Waals surface area contributed by atoms with Crippen molar-refractivity contribution in [3.05, 3.63) is 35.4 Å². The average molecular weight is 222 g/mol. The van der Waals surface area contributed by atoms with E-state index in [9.17, 15) is 4.79 Å². The Hall–Kier alpha value is -0.960. The van der Waals surface area contributed by atoms with Gasteiger partial charge in [-0.2, -0.15) is 11.8 Å². The number of hydrogen-bond acceptors (Lipinski definition) is 2. The molecule has 1 N–H and O–H groups in total. The number of hydrogen-bond donors (Lipinski definition) is 1. The summed E-state index contributed by atoms with van der Waals surface area (Å²) in [4.78, 5) is 10.7. The zero-order chi connectivity index (χ0) is 10.7. The van der Waals surface area contributed by atoms with E-state index < -0.39 is 5.97 Å². The van der Waals surface area contributed by atoms with Crippen molar-refractivity contribution in [3.63, 3.8) is 0 Å². The summed E-state index contributed by atoms with van der Waals surface area (Å²) in [5.74, 6) is 2.24. The van der Waals surface area contributed by atoms with Gasteiger partial charge >= 0.3 is 5.97 Å². The average Bonchev–Trinajstić information content (AvgIpc) is 2.30. The van der Waals surface area contributed by atoms with Crippen LogP contribution in [-0.2, 0) is 0 Å². The summed E-state index contributed by atoms with van der Waals surface area (Å²) in [5.41, 5.74) is 1.67. The number of aromatic carboxylic acids is 1. The van der Waals surface area contributed by atoms with Crippen LogP contribution in [-0.4, -0.2) is 22.6 Å². The van der Waals surface area contributed by atoms with Crippen molar-refractivity contribution < 1.29 is 9.90 Å². The van der Waals surface area contributed by atoms with E-state index in [1.165, 1.54) is 29.9 Å². The number of carboxylic acids is 1. The van der Waals surface area contributed by atoms with Gasteiger partial charge in [0, 0.05) is 0 Å². The summed E-state index contributed by atoms with van der Waals surface area (Å²) >= 11 is 2.01. The maximum absolute atomic E-state index is 10.7.